The highest BCUT2D eigenvalue weighted by Gasteiger charge is 2.44. The summed E-state index contributed by atoms with van der Waals surface area (Å²) < 4.78 is 6.14. The van der Waals surface area contributed by atoms with Gasteiger partial charge in [-0.05, 0) is 25.5 Å². The van der Waals surface area contributed by atoms with Gasteiger partial charge in [0, 0.05) is 24.1 Å². The van der Waals surface area contributed by atoms with Crippen LogP contribution in [0.25, 0.3) is 0 Å². The second-order valence-electron chi connectivity index (χ2n) is 6.05. The fraction of sp³-hybridized carbons (Fsp3) is 0.438. The Kier molecular flexibility index (Phi) is 5.16. The zero-order valence-electron chi connectivity index (χ0n) is 13.7. The number of rotatable bonds is 7. The van der Waals surface area contributed by atoms with Gasteiger partial charge in [-0.2, -0.15) is 0 Å². The largest absolute Gasteiger partial charge is 0.476 e. The average molecular weight is 381 g/mol. The van der Waals surface area contributed by atoms with Crippen LogP contribution >= 0.6 is 23.1 Å². The molecule has 2 aromatic heterocycles. The smallest absolute Gasteiger partial charge is 0.355 e. The lowest BCUT2D eigenvalue weighted by molar-refractivity contribution is -0.129. The number of furan rings is 1. The van der Waals surface area contributed by atoms with E-state index < -0.39 is 11.5 Å². The van der Waals surface area contributed by atoms with E-state index in [0.29, 0.717) is 35.2 Å². The summed E-state index contributed by atoms with van der Waals surface area (Å²) in [5.41, 5.74) is 5.79. The van der Waals surface area contributed by atoms with Crippen molar-refractivity contribution < 1.29 is 19.1 Å². The Hall–Kier alpha value is -1.84. The molecular weight excluding hydrogens is 362 g/mol. The first-order valence-corrected chi connectivity index (χ1v) is 9.70. The van der Waals surface area contributed by atoms with Crippen molar-refractivity contribution in [2.24, 2.45) is 5.73 Å². The SMILES string of the molecule is CC(N)(c1ccco1)[C@H]1CCC(=O)N1CCSc1nc(C(=O)O)cs1. The van der Waals surface area contributed by atoms with Crippen LogP contribution in [0.1, 0.15) is 36.0 Å². The monoisotopic (exact) mass is 381 g/mol. The van der Waals surface area contributed by atoms with Gasteiger partial charge in [-0.25, -0.2) is 9.78 Å². The Labute approximate surface area is 153 Å². The van der Waals surface area contributed by atoms with E-state index >= 15 is 0 Å². The molecule has 0 spiro atoms. The van der Waals surface area contributed by atoms with Crippen molar-refractivity contribution in [3.05, 3.63) is 35.2 Å². The van der Waals surface area contributed by atoms with Gasteiger partial charge >= 0.3 is 5.97 Å². The summed E-state index contributed by atoms with van der Waals surface area (Å²) in [5, 5.41) is 10.4. The predicted octanol–water partition coefficient (Wildman–Crippen LogP) is 2.39. The molecule has 0 saturated carbocycles. The van der Waals surface area contributed by atoms with Crippen LogP contribution in [0.5, 0.6) is 0 Å². The number of carboxylic acid groups (broad SMARTS) is 1. The molecule has 25 heavy (non-hydrogen) atoms. The molecule has 3 N–H and O–H groups in total. The lowest BCUT2D eigenvalue weighted by atomic mass is 9.89. The van der Waals surface area contributed by atoms with Gasteiger partial charge in [-0.3, -0.25) is 4.79 Å². The minimum atomic E-state index is -1.03. The van der Waals surface area contributed by atoms with Crippen molar-refractivity contribution in [1.29, 1.82) is 0 Å². The van der Waals surface area contributed by atoms with E-state index in [-0.39, 0.29) is 17.6 Å². The lowest BCUT2D eigenvalue weighted by Crippen LogP contribution is -2.52. The minimum Gasteiger partial charge on any atom is -0.476 e. The van der Waals surface area contributed by atoms with Gasteiger partial charge < -0.3 is 20.2 Å². The zero-order chi connectivity index (χ0) is 18.0. The highest BCUT2D eigenvalue weighted by Crippen LogP contribution is 2.34. The Morgan fingerprint density at radius 3 is 3.08 bits per heavy atom. The van der Waals surface area contributed by atoms with Crippen molar-refractivity contribution in [2.45, 2.75) is 35.7 Å². The van der Waals surface area contributed by atoms with Crippen molar-refractivity contribution in [3.63, 3.8) is 0 Å². The number of likely N-dealkylation sites (tertiary alicyclic amines) is 1. The van der Waals surface area contributed by atoms with Gasteiger partial charge in [0.2, 0.25) is 5.91 Å². The number of hydrogen-bond donors (Lipinski definition) is 2. The molecule has 0 aromatic carbocycles. The summed E-state index contributed by atoms with van der Waals surface area (Å²) >= 11 is 2.74. The van der Waals surface area contributed by atoms with Crippen molar-refractivity contribution in [2.75, 3.05) is 12.3 Å². The third-order valence-electron chi connectivity index (χ3n) is 4.33. The molecule has 7 nitrogen and oxygen atoms in total. The van der Waals surface area contributed by atoms with Crippen LogP contribution < -0.4 is 5.73 Å². The van der Waals surface area contributed by atoms with Crippen LogP contribution in [-0.4, -0.2) is 45.2 Å². The Bertz CT molecular complexity index is 757. The minimum absolute atomic E-state index is 0.0509. The summed E-state index contributed by atoms with van der Waals surface area (Å²) in [7, 11) is 0. The number of thiazole rings is 1. The number of hydrogen-bond acceptors (Lipinski definition) is 7. The zero-order valence-corrected chi connectivity index (χ0v) is 15.3. The van der Waals surface area contributed by atoms with Gasteiger partial charge in [-0.1, -0.05) is 11.8 Å². The summed E-state index contributed by atoms with van der Waals surface area (Å²) in [6.07, 6.45) is 2.75. The Balaban J connectivity index is 1.63. The molecule has 1 aliphatic heterocycles. The van der Waals surface area contributed by atoms with E-state index in [0.717, 1.165) is 0 Å². The normalized spacial score (nSPS) is 20.0. The van der Waals surface area contributed by atoms with Gasteiger partial charge in [-0.15, -0.1) is 11.3 Å². The molecular formula is C16H19N3O4S2. The first-order chi connectivity index (χ1) is 11.9. The highest BCUT2D eigenvalue weighted by molar-refractivity contribution is 8.01. The molecule has 1 unspecified atom stereocenters. The van der Waals surface area contributed by atoms with Crippen LogP contribution in [0.2, 0.25) is 0 Å². The number of nitrogens with two attached hydrogens (primary N) is 1. The number of thioether (sulfide) groups is 1. The fourth-order valence-electron chi connectivity index (χ4n) is 3.04. The third-order valence-corrected chi connectivity index (χ3v) is 6.33. The highest BCUT2D eigenvalue weighted by atomic mass is 32.2. The topological polar surface area (TPSA) is 110 Å². The van der Waals surface area contributed by atoms with Gasteiger partial charge in [0.15, 0.2) is 10.0 Å². The van der Waals surface area contributed by atoms with Crippen LogP contribution in [0, 0.1) is 0 Å². The van der Waals surface area contributed by atoms with E-state index in [2.05, 4.69) is 4.98 Å². The Morgan fingerprint density at radius 1 is 1.64 bits per heavy atom. The number of carbonyl (C=O) groups is 2. The molecule has 1 aliphatic rings. The van der Waals surface area contributed by atoms with Crippen molar-refractivity contribution in [3.8, 4) is 0 Å². The number of aromatic carboxylic acids is 1. The van der Waals surface area contributed by atoms with Crippen LogP contribution in [0.3, 0.4) is 0 Å². The maximum absolute atomic E-state index is 12.3. The molecule has 3 heterocycles. The number of aromatic nitrogens is 1. The number of carbonyl (C=O) groups excluding carboxylic acids is 1. The van der Waals surface area contributed by atoms with Crippen LogP contribution in [0.15, 0.2) is 32.5 Å². The molecule has 0 radical (unpaired) electrons. The van der Waals surface area contributed by atoms with E-state index in [1.807, 2.05) is 13.0 Å². The maximum atomic E-state index is 12.3. The van der Waals surface area contributed by atoms with E-state index in [9.17, 15) is 9.59 Å². The first kappa shape index (κ1) is 18.0. The van der Waals surface area contributed by atoms with E-state index in [1.165, 1.54) is 28.5 Å². The van der Waals surface area contributed by atoms with Crippen LogP contribution in [-0.2, 0) is 10.3 Å². The molecule has 9 heteroatoms. The van der Waals surface area contributed by atoms with Crippen LogP contribution in [0.4, 0.5) is 0 Å². The lowest BCUT2D eigenvalue weighted by Gasteiger charge is -2.36. The molecule has 1 saturated heterocycles. The summed E-state index contributed by atoms with van der Waals surface area (Å²) in [5.74, 6) is 0.341. The van der Waals surface area contributed by atoms with Gasteiger partial charge in [0.05, 0.1) is 17.8 Å². The molecule has 2 atom stereocenters. The van der Waals surface area contributed by atoms with E-state index in [1.54, 1.807) is 17.2 Å². The third kappa shape index (κ3) is 3.73. The summed E-state index contributed by atoms with van der Waals surface area (Å²) in [6.45, 7) is 2.42. The standard InChI is InChI=1S/C16H19N3O4S2/c1-16(17,12-3-2-7-23-12)11-4-5-13(20)19(11)6-8-24-15-18-10(9-25-15)14(21)22/h2-3,7,9,11H,4-6,8,17H2,1H3,(H,21,22)/t11-,16?/m1/s1. The molecule has 134 valence electrons. The molecule has 1 amide bonds. The number of nitrogens with zero attached hydrogens (tertiary/aromatic N) is 2. The van der Waals surface area contributed by atoms with Crippen molar-refractivity contribution >= 4 is 35.0 Å². The fourth-order valence-corrected chi connectivity index (χ4v) is 4.85. The average Bonchev–Trinajstić information content (AvgIpc) is 3.28. The van der Waals surface area contributed by atoms with E-state index in [4.69, 9.17) is 15.3 Å². The quantitative estimate of drug-likeness (QED) is 0.709. The second kappa shape index (κ2) is 7.19. The summed E-state index contributed by atoms with van der Waals surface area (Å²) in [4.78, 5) is 29.0. The number of amides is 1. The maximum Gasteiger partial charge on any atom is 0.355 e. The summed E-state index contributed by atoms with van der Waals surface area (Å²) in [6, 6.07) is 3.50. The van der Waals surface area contributed by atoms with Gasteiger partial charge in [0.25, 0.3) is 0 Å². The molecule has 1 fully saturated rings. The number of carboxylic acids is 1. The molecule has 0 aliphatic carbocycles. The first-order valence-electron chi connectivity index (χ1n) is 7.83. The second-order valence-corrected chi connectivity index (χ2v) is 8.25. The Morgan fingerprint density at radius 2 is 2.44 bits per heavy atom. The van der Waals surface area contributed by atoms with Gasteiger partial charge in [0.1, 0.15) is 5.76 Å². The molecule has 3 rings (SSSR count). The van der Waals surface area contributed by atoms with Crippen molar-refractivity contribution in [1.82, 2.24) is 9.88 Å². The molecule has 0 bridgehead atoms. The molecule has 2 aromatic rings. The predicted molar refractivity (Wildman–Crippen MR) is 94.8 cm³/mol.